The van der Waals surface area contributed by atoms with Gasteiger partial charge in [-0.2, -0.15) is 0 Å². The van der Waals surface area contributed by atoms with Gasteiger partial charge < -0.3 is 24.8 Å². The average molecular weight is 437 g/mol. The van der Waals surface area contributed by atoms with E-state index in [1.54, 1.807) is 6.07 Å². The minimum Gasteiger partial charge on any atom is -0.465 e. The number of methoxy groups -OCH3 is 1. The summed E-state index contributed by atoms with van der Waals surface area (Å²) in [6.45, 7) is 6.70. The third-order valence-corrected chi connectivity index (χ3v) is 6.78. The fourth-order valence-electron chi connectivity index (χ4n) is 4.56. The Bertz CT molecular complexity index is 1110. The van der Waals surface area contributed by atoms with Crippen molar-refractivity contribution in [2.75, 3.05) is 24.5 Å². The van der Waals surface area contributed by atoms with Crippen LogP contribution in [0.15, 0.2) is 30.3 Å². The van der Waals surface area contributed by atoms with Crippen molar-refractivity contribution in [3.8, 4) is 11.5 Å². The lowest BCUT2D eigenvalue weighted by Gasteiger charge is -2.27. The Hall–Kier alpha value is -3.22. The van der Waals surface area contributed by atoms with Crippen molar-refractivity contribution >= 4 is 23.3 Å². The molecule has 5 rings (SSSR count). The van der Waals surface area contributed by atoms with E-state index in [4.69, 9.17) is 14.2 Å². The monoisotopic (exact) mass is 436 g/mol. The van der Waals surface area contributed by atoms with Crippen molar-refractivity contribution < 1.29 is 23.8 Å². The van der Waals surface area contributed by atoms with Crippen molar-refractivity contribution in [2.45, 2.75) is 51.5 Å². The Kier molecular flexibility index (Phi) is 4.62. The molecule has 1 atom stereocenters. The number of benzene rings is 2. The molecule has 0 aromatic heterocycles. The lowest BCUT2D eigenvalue weighted by molar-refractivity contribution is -0.118. The molecule has 7 nitrogen and oxygen atoms in total. The van der Waals surface area contributed by atoms with Crippen LogP contribution in [0.25, 0.3) is 0 Å². The molecule has 7 heteroatoms. The summed E-state index contributed by atoms with van der Waals surface area (Å²) in [5.74, 6) is 0.875. The molecule has 1 aliphatic carbocycles. The number of hydrogen-bond donors (Lipinski definition) is 2. The molecule has 0 spiro atoms. The maximum atomic E-state index is 13.4. The number of carbonyl (C=O) groups excluding carboxylic acids is 2. The molecular weight excluding hydrogens is 408 g/mol. The largest absolute Gasteiger partial charge is 0.465 e. The molecule has 3 aliphatic rings. The third-order valence-electron chi connectivity index (χ3n) is 6.78. The van der Waals surface area contributed by atoms with Crippen molar-refractivity contribution in [3.05, 3.63) is 47.0 Å². The predicted octanol–water partition coefficient (Wildman–Crippen LogP) is 4.25. The smallest absolute Gasteiger partial charge is 0.340 e. The van der Waals surface area contributed by atoms with Crippen molar-refractivity contribution in [1.82, 2.24) is 0 Å². The van der Waals surface area contributed by atoms with Gasteiger partial charge in [-0.1, -0.05) is 26.8 Å². The zero-order chi connectivity index (χ0) is 22.7. The van der Waals surface area contributed by atoms with Gasteiger partial charge in [0.25, 0.3) is 0 Å². The van der Waals surface area contributed by atoms with Crippen LogP contribution in [0.4, 0.5) is 11.4 Å². The molecule has 2 aromatic carbocycles. The fourth-order valence-corrected chi connectivity index (χ4v) is 4.56. The topological polar surface area (TPSA) is 85.9 Å². The highest BCUT2D eigenvalue weighted by Crippen LogP contribution is 2.51. The predicted molar refractivity (Wildman–Crippen MR) is 120 cm³/mol. The maximum Gasteiger partial charge on any atom is 0.340 e. The maximum absolute atomic E-state index is 13.4. The van der Waals surface area contributed by atoms with Gasteiger partial charge in [0.05, 0.1) is 23.8 Å². The molecule has 2 heterocycles. The summed E-state index contributed by atoms with van der Waals surface area (Å²) >= 11 is 0. The number of carbonyl (C=O) groups is 2. The van der Waals surface area contributed by atoms with Crippen molar-refractivity contribution in [3.63, 3.8) is 0 Å². The molecule has 0 radical (unpaired) electrons. The molecule has 2 aliphatic heterocycles. The Morgan fingerprint density at radius 1 is 1.12 bits per heavy atom. The van der Waals surface area contributed by atoms with Gasteiger partial charge in [-0.15, -0.1) is 0 Å². The van der Waals surface area contributed by atoms with Gasteiger partial charge in [0.1, 0.15) is 0 Å². The van der Waals surface area contributed by atoms with Gasteiger partial charge in [0.15, 0.2) is 11.5 Å². The van der Waals surface area contributed by atoms with Gasteiger partial charge in [-0.25, -0.2) is 4.79 Å². The van der Waals surface area contributed by atoms with E-state index >= 15 is 0 Å². The third kappa shape index (κ3) is 3.36. The van der Waals surface area contributed by atoms with E-state index in [-0.39, 0.29) is 24.2 Å². The van der Waals surface area contributed by atoms with Crippen LogP contribution in [0, 0.1) is 5.41 Å². The Balaban J connectivity index is 1.43. The second kappa shape index (κ2) is 7.15. The zero-order valence-corrected chi connectivity index (χ0v) is 18.8. The highest BCUT2D eigenvalue weighted by molar-refractivity contribution is 6.04. The van der Waals surface area contributed by atoms with E-state index in [1.807, 2.05) is 24.3 Å². The number of fused-ring (bicyclic) bond motifs is 2. The first kappa shape index (κ1) is 20.7. The highest BCUT2D eigenvalue weighted by atomic mass is 16.7. The van der Waals surface area contributed by atoms with Gasteiger partial charge in [0, 0.05) is 11.7 Å². The molecule has 168 valence electrons. The van der Waals surface area contributed by atoms with Crippen LogP contribution in [-0.4, -0.2) is 31.8 Å². The highest BCUT2D eigenvalue weighted by Gasteiger charge is 2.51. The number of anilines is 2. The lowest BCUT2D eigenvalue weighted by Crippen LogP contribution is -2.32. The van der Waals surface area contributed by atoms with Crippen molar-refractivity contribution in [2.24, 2.45) is 5.41 Å². The molecule has 2 N–H and O–H groups in total. The summed E-state index contributed by atoms with van der Waals surface area (Å²) in [7, 11) is 1.37. The molecule has 1 unspecified atom stereocenters. The van der Waals surface area contributed by atoms with E-state index in [1.165, 1.54) is 7.11 Å². The van der Waals surface area contributed by atoms with Gasteiger partial charge >= 0.3 is 5.97 Å². The summed E-state index contributed by atoms with van der Waals surface area (Å²) < 4.78 is 15.9. The first-order valence-corrected chi connectivity index (χ1v) is 10.9. The molecular formula is C25H28N2O5. The summed E-state index contributed by atoms with van der Waals surface area (Å²) in [5.41, 5.74) is 3.22. The quantitative estimate of drug-likeness (QED) is 0.697. The fraction of sp³-hybridized carbons (Fsp3) is 0.440. The summed E-state index contributed by atoms with van der Waals surface area (Å²) in [6, 6.07) is 9.55. The zero-order valence-electron chi connectivity index (χ0n) is 18.8. The van der Waals surface area contributed by atoms with Crippen LogP contribution < -0.4 is 20.1 Å². The van der Waals surface area contributed by atoms with Crippen LogP contribution >= 0.6 is 0 Å². The number of nitrogens with one attached hydrogen (secondary N) is 2. The molecule has 0 bridgehead atoms. The van der Waals surface area contributed by atoms with Crippen LogP contribution in [-0.2, 0) is 21.4 Å². The minimum atomic E-state index is -0.586. The summed E-state index contributed by atoms with van der Waals surface area (Å²) in [6.07, 6.45) is 2.31. The van der Waals surface area contributed by atoms with E-state index in [9.17, 15) is 9.59 Å². The van der Waals surface area contributed by atoms with Crippen LogP contribution in [0.2, 0.25) is 0 Å². The molecule has 0 saturated heterocycles. The normalized spacial score (nSPS) is 19.7. The van der Waals surface area contributed by atoms with E-state index < -0.39 is 11.4 Å². The standard InChI is InChI=1S/C25H28N2O5/c1-24(2,3)20-10-14-9-16(12-17(21(14)27-20)22(28)30-4)26-23(29)25(7-8-25)15-5-6-18-19(11-15)32-13-31-18/h5-6,9,11-12,20,27H,7-8,10,13H2,1-4H3,(H,26,29). The molecule has 1 fully saturated rings. The Morgan fingerprint density at radius 2 is 1.88 bits per heavy atom. The van der Waals surface area contributed by atoms with E-state index in [0.29, 0.717) is 22.7 Å². The molecule has 1 amide bonds. The molecule has 2 aromatic rings. The van der Waals surface area contributed by atoms with E-state index in [2.05, 4.69) is 31.4 Å². The van der Waals surface area contributed by atoms with Crippen LogP contribution in [0.3, 0.4) is 0 Å². The first-order valence-electron chi connectivity index (χ1n) is 10.9. The van der Waals surface area contributed by atoms with Crippen LogP contribution in [0.5, 0.6) is 11.5 Å². The SMILES string of the molecule is COC(=O)c1cc(NC(=O)C2(c3ccc4c(c3)OCO4)CC2)cc2c1NC(C(C)(C)C)C2. The summed E-state index contributed by atoms with van der Waals surface area (Å²) in [4.78, 5) is 25.9. The van der Waals surface area contributed by atoms with Crippen LogP contribution in [0.1, 0.15) is 55.1 Å². The van der Waals surface area contributed by atoms with Gasteiger partial charge in [0.2, 0.25) is 12.7 Å². The first-order chi connectivity index (χ1) is 15.2. The minimum absolute atomic E-state index is 0.0211. The van der Waals surface area contributed by atoms with E-state index in [0.717, 1.165) is 36.1 Å². The lowest BCUT2D eigenvalue weighted by atomic mass is 9.85. The van der Waals surface area contributed by atoms with Gasteiger partial charge in [-0.05, 0) is 60.1 Å². The number of rotatable bonds is 4. The Labute approximate surface area is 187 Å². The van der Waals surface area contributed by atoms with Crippen molar-refractivity contribution in [1.29, 1.82) is 0 Å². The van der Waals surface area contributed by atoms with Gasteiger partial charge in [-0.3, -0.25) is 4.79 Å². The molecule has 1 saturated carbocycles. The summed E-state index contributed by atoms with van der Waals surface area (Å²) in [5, 5.41) is 6.56. The average Bonchev–Trinajstić information content (AvgIpc) is 3.23. The second-order valence-corrected chi connectivity index (χ2v) is 9.92. The number of amides is 1. The molecule has 32 heavy (non-hydrogen) atoms. The Morgan fingerprint density at radius 3 is 2.56 bits per heavy atom. The number of ether oxygens (including phenoxy) is 3. The number of esters is 1. The number of hydrogen-bond acceptors (Lipinski definition) is 6. The second-order valence-electron chi connectivity index (χ2n) is 9.92.